The number of benzene rings is 2. The fourth-order valence-corrected chi connectivity index (χ4v) is 3.20. The van der Waals surface area contributed by atoms with Gasteiger partial charge in [-0.05, 0) is 24.3 Å². The van der Waals surface area contributed by atoms with Crippen LogP contribution in [0.25, 0.3) is 0 Å². The average Bonchev–Trinajstić information content (AvgIpc) is 2.87. The van der Waals surface area contributed by atoms with Crippen molar-refractivity contribution in [1.29, 1.82) is 0 Å². The molecule has 0 atom stereocenters. The molecule has 1 aliphatic heterocycles. The first kappa shape index (κ1) is 27.5. The summed E-state index contributed by atoms with van der Waals surface area (Å²) in [6.07, 6.45) is 0. The Morgan fingerprint density at radius 2 is 0.944 bits per heavy atom. The highest BCUT2D eigenvalue weighted by atomic mass is 16.6. The van der Waals surface area contributed by atoms with Gasteiger partial charge in [0.2, 0.25) is 5.91 Å². The van der Waals surface area contributed by atoms with E-state index in [-0.39, 0.29) is 5.91 Å². The van der Waals surface area contributed by atoms with Gasteiger partial charge in [-0.25, -0.2) is 0 Å². The fourth-order valence-electron chi connectivity index (χ4n) is 3.20. The first-order chi connectivity index (χ1) is 17.7. The molecule has 0 spiro atoms. The Hall–Kier alpha value is -3.05. The molecule has 36 heavy (non-hydrogen) atoms. The third-order valence-electron chi connectivity index (χ3n) is 4.80. The smallest absolute Gasteiger partial charge is 0.221 e. The summed E-state index contributed by atoms with van der Waals surface area (Å²) in [7, 11) is 0. The minimum atomic E-state index is -0.166. The van der Waals surface area contributed by atoms with Gasteiger partial charge in [0.1, 0.15) is 26.4 Å². The minimum Gasteiger partial charge on any atom is -0.487 e. The van der Waals surface area contributed by atoms with Crippen LogP contribution < -0.4 is 24.3 Å². The van der Waals surface area contributed by atoms with E-state index in [2.05, 4.69) is 5.32 Å². The van der Waals surface area contributed by atoms with E-state index in [1.165, 1.54) is 6.92 Å². The lowest BCUT2D eigenvalue weighted by atomic mass is 10.2. The number of para-hydroxylation sites is 2. The van der Waals surface area contributed by atoms with Crippen molar-refractivity contribution >= 4 is 11.6 Å². The van der Waals surface area contributed by atoms with Crippen molar-refractivity contribution in [2.45, 2.75) is 6.92 Å². The van der Waals surface area contributed by atoms with Gasteiger partial charge in [0.25, 0.3) is 0 Å². The number of hydrogen-bond acceptors (Lipinski definition) is 9. The number of hydrogen-bond donors (Lipinski definition) is 1. The standard InChI is InChI=1S/C26H35NO9/c1-21(28)27-22-6-7-25-26(20-22)36-19-15-32-11-10-30-13-17-34-24-5-3-2-4-23(24)33-16-12-29-8-9-31-14-18-35-25/h2-7,20H,8-19H2,1H3,(H,27,28). The Bertz CT molecular complexity index is 909. The summed E-state index contributed by atoms with van der Waals surface area (Å²) < 4.78 is 45.5. The summed E-state index contributed by atoms with van der Waals surface area (Å²) in [6.45, 7) is 6.25. The molecule has 0 bridgehead atoms. The van der Waals surface area contributed by atoms with Gasteiger partial charge >= 0.3 is 0 Å². The van der Waals surface area contributed by atoms with Gasteiger partial charge in [0, 0.05) is 18.7 Å². The lowest BCUT2D eigenvalue weighted by Gasteiger charge is -2.15. The third-order valence-corrected chi connectivity index (χ3v) is 4.80. The maximum atomic E-state index is 11.4. The fraction of sp³-hybridized carbons (Fsp3) is 0.500. The zero-order chi connectivity index (χ0) is 25.3. The van der Waals surface area contributed by atoms with E-state index in [1.807, 2.05) is 24.3 Å². The molecule has 0 saturated carbocycles. The second-order valence-electron chi connectivity index (χ2n) is 7.63. The highest BCUT2D eigenvalue weighted by Gasteiger charge is 2.09. The number of amides is 1. The molecule has 3 rings (SSSR count). The average molecular weight is 506 g/mol. The third kappa shape index (κ3) is 10.7. The van der Waals surface area contributed by atoms with E-state index in [0.717, 1.165) is 0 Å². The van der Waals surface area contributed by atoms with Crippen LogP contribution in [-0.4, -0.2) is 85.2 Å². The monoisotopic (exact) mass is 505 g/mol. The molecule has 10 nitrogen and oxygen atoms in total. The van der Waals surface area contributed by atoms with E-state index in [4.69, 9.17) is 37.9 Å². The molecule has 0 radical (unpaired) electrons. The molecule has 10 heteroatoms. The lowest BCUT2D eigenvalue weighted by Crippen LogP contribution is -2.15. The second-order valence-corrected chi connectivity index (χ2v) is 7.63. The van der Waals surface area contributed by atoms with E-state index >= 15 is 0 Å². The molecule has 0 fully saturated rings. The molecular formula is C26H35NO9. The lowest BCUT2D eigenvalue weighted by molar-refractivity contribution is -0.114. The summed E-state index contributed by atoms with van der Waals surface area (Å²) in [5.74, 6) is 2.22. The van der Waals surface area contributed by atoms with Crippen molar-refractivity contribution in [3.8, 4) is 23.0 Å². The van der Waals surface area contributed by atoms with Crippen LogP contribution in [-0.2, 0) is 23.7 Å². The molecule has 0 aliphatic carbocycles. The van der Waals surface area contributed by atoms with Gasteiger partial charge < -0.3 is 43.2 Å². The summed E-state index contributed by atoms with van der Waals surface area (Å²) >= 11 is 0. The maximum absolute atomic E-state index is 11.4. The van der Waals surface area contributed by atoms with Crippen LogP contribution in [0.15, 0.2) is 42.5 Å². The summed E-state index contributed by atoms with van der Waals surface area (Å²) in [4.78, 5) is 11.4. The van der Waals surface area contributed by atoms with Crippen LogP contribution in [0.4, 0.5) is 5.69 Å². The molecule has 0 aromatic heterocycles. The van der Waals surface area contributed by atoms with E-state index in [9.17, 15) is 4.79 Å². The van der Waals surface area contributed by atoms with Crippen LogP contribution in [0.1, 0.15) is 6.92 Å². The zero-order valence-electron chi connectivity index (χ0n) is 20.7. The van der Waals surface area contributed by atoms with Crippen molar-refractivity contribution < 1.29 is 42.7 Å². The number of carbonyl (C=O) groups excluding carboxylic acids is 1. The van der Waals surface area contributed by atoms with Crippen LogP contribution >= 0.6 is 0 Å². The summed E-state index contributed by atoms with van der Waals surface area (Å²) in [6, 6.07) is 12.7. The molecule has 198 valence electrons. The molecule has 0 unspecified atom stereocenters. The van der Waals surface area contributed by atoms with Crippen molar-refractivity contribution in [2.24, 2.45) is 0 Å². The van der Waals surface area contributed by atoms with Crippen LogP contribution in [0.3, 0.4) is 0 Å². The predicted molar refractivity (Wildman–Crippen MR) is 132 cm³/mol. The molecule has 0 saturated heterocycles. The van der Waals surface area contributed by atoms with Crippen LogP contribution in [0.2, 0.25) is 0 Å². The van der Waals surface area contributed by atoms with Gasteiger partial charge in [-0.1, -0.05) is 12.1 Å². The van der Waals surface area contributed by atoms with E-state index < -0.39 is 0 Å². The Kier molecular flexibility index (Phi) is 12.7. The van der Waals surface area contributed by atoms with Gasteiger partial charge in [0.05, 0.1) is 52.9 Å². The van der Waals surface area contributed by atoms with Crippen LogP contribution in [0, 0.1) is 0 Å². The molecule has 1 amide bonds. The minimum absolute atomic E-state index is 0.166. The maximum Gasteiger partial charge on any atom is 0.221 e. The Morgan fingerprint density at radius 1 is 0.556 bits per heavy atom. The Morgan fingerprint density at radius 3 is 1.39 bits per heavy atom. The van der Waals surface area contributed by atoms with Gasteiger partial charge in [-0.3, -0.25) is 4.79 Å². The highest BCUT2D eigenvalue weighted by molar-refractivity contribution is 5.89. The highest BCUT2D eigenvalue weighted by Crippen LogP contribution is 2.30. The van der Waals surface area contributed by atoms with Gasteiger partial charge in [-0.15, -0.1) is 0 Å². The molecule has 1 N–H and O–H groups in total. The molecule has 1 heterocycles. The normalized spacial score (nSPS) is 17.4. The summed E-state index contributed by atoms with van der Waals surface area (Å²) in [5, 5.41) is 2.74. The van der Waals surface area contributed by atoms with Crippen LogP contribution in [0.5, 0.6) is 23.0 Å². The number of ether oxygens (including phenoxy) is 8. The largest absolute Gasteiger partial charge is 0.487 e. The number of rotatable bonds is 1. The Balaban J connectivity index is 1.50. The number of anilines is 1. The Labute approximate surface area is 211 Å². The van der Waals surface area contributed by atoms with Crippen molar-refractivity contribution in [3.05, 3.63) is 42.5 Å². The zero-order valence-corrected chi connectivity index (χ0v) is 20.7. The topological polar surface area (TPSA) is 103 Å². The molecule has 1 aliphatic rings. The first-order valence-corrected chi connectivity index (χ1v) is 12.1. The van der Waals surface area contributed by atoms with E-state index in [0.29, 0.717) is 108 Å². The number of carbonyl (C=O) groups is 1. The molecular weight excluding hydrogens is 470 g/mol. The van der Waals surface area contributed by atoms with Crippen molar-refractivity contribution in [2.75, 3.05) is 84.6 Å². The molecule has 2 aromatic carbocycles. The van der Waals surface area contributed by atoms with E-state index in [1.54, 1.807) is 18.2 Å². The second kappa shape index (κ2) is 16.6. The summed E-state index contributed by atoms with van der Waals surface area (Å²) in [5.41, 5.74) is 0.620. The SMILES string of the molecule is CC(=O)Nc1ccc2c(c1)OCCOCCOCCOc1ccccc1OCCOCCOCCO2. The first-order valence-electron chi connectivity index (χ1n) is 12.1. The van der Waals surface area contributed by atoms with Crippen molar-refractivity contribution in [3.63, 3.8) is 0 Å². The number of nitrogens with one attached hydrogen (secondary N) is 1. The number of fused-ring (bicyclic) bond motifs is 2. The predicted octanol–water partition coefficient (Wildman–Crippen LogP) is 2.94. The van der Waals surface area contributed by atoms with Crippen molar-refractivity contribution in [1.82, 2.24) is 0 Å². The quantitative estimate of drug-likeness (QED) is 0.627. The van der Waals surface area contributed by atoms with Gasteiger partial charge in [0.15, 0.2) is 23.0 Å². The molecule has 2 aromatic rings. The van der Waals surface area contributed by atoms with Gasteiger partial charge in [-0.2, -0.15) is 0 Å².